The summed E-state index contributed by atoms with van der Waals surface area (Å²) in [4.78, 5) is 10.8. The fourth-order valence-electron chi connectivity index (χ4n) is 0.615. The number of carbonyl (C=O) groups is 1. The Hall–Kier alpha value is -1.57. The highest BCUT2D eigenvalue weighted by Crippen LogP contribution is 1.88. The molecule has 0 aromatic heterocycles. The van der Waals surface area contributed by atoms with E-state index >= 15 is 0 Å². The molecule has 2 nitrogen and oxygen atoms in total. The Morgan fingerprint density at radius 1 is 1.23 bits per heavy atom. The molecule has 0 aliphatic carbocycles. The molecule has 0 spiro atoms. The molecule has 70 valence electrons. The van der Waals surface area contributed by atoms with Gasteiger partial charge in [0.05, 0.1) is 6.61 Å². The zero-order chi connectivity index (χ0) is 9.94. The lowest BCUT2D eigenvalue weighted by Gasteiger charge is -1.96. The van der Waals surface area contributed by atoms with Crippen LogP contribution in [-0.2, 0) is 9.53 Å². The van der Waals surface area contributed by atoms with Crippen LogP contribution in [0.1, 0.15) is 6.42 Å². The van der Waals surface area contributed by atoms with E-state index in [1.807, 2.05) is 12.2 Å². The predicted octanol–water partition coefficient (Wildman–Crippen LogP) is 2.40. The molecule has 0 rings (SSSR count). The summed E-state index contributed by atoms with van der Waals surface area (Å²) in [5, 5.41) is 0. The summed E-state index contributed by atoms with van der Waals surface area (Å²) in [6, 6.07) is 0. The van der Waals surface area contributed by atoms with Gasteiger partial charge in [0, 0.05) is 6.08 Å². The molecule has 0 saturated carbocycles. The first-order chi connectivity index (χ1) is 6.31. The average Bonchev–Trinajstić information content (AvgIpc) is 2.14. The Labute approximate surface area is 78.9 Å². The molecule has 0 unspecified atom stereocenters. The van der Waals surface area contributed by atoms with E-state index in [0.717, 1.165) is 0 Å². The number of rotatable bonds is 6. The van der Waals surface area contributed by atoms with E-state index in [-0.39, 0.29) is 5.97 Å². The van der Waals surface area contributed by atoms with E-state index in [0.29, 0.717) is 13.0 Å². The van der Waals surface area contributed by atoms with E-state index in [1.54, 1.807) is 12.2 Å². The third kappa shape index (κ3) is 8.34. The van der Waals surface area contributed by atoms with Crippen molar-refractivity contribution in [2.24, 2.45) is 0 Å². The zero-order valence-corrected chi connectivity index (χ0v) is 7.61. The predicted molar refractivity (Wildman–Crippen MR) is 54.3 cm³/mol. The van der Waals surface area contributed by atoms with Gasteiger partial charge in [-0.3, -0.25) is 0 Å². The molecule has 0 N–H and O–H groups in total. The fourth-order valence-corrected chi connectivity index (χ4v) is 0.615. The molecule has 0 aromatic rings. The molecule has 0 aliphatic rings. The number of carbonyl (C=O) groups excluding carboxylic acids is 1. The van der Waals surface area contributed by atoms with Crippen LogP contribution in [0, 0.1) is 0 Å². The molecular formula is C11H14O2. The fraction of sp³-hybridized carbons (Fsp3) is 0.182. The monoisotopic (exact) mass is 178 g/mol. The Bertz CT molecular complexity index is 224. The van der Waals surface area contributed by atoms with Crippen LogP contribution in [0.2, 0.25) is 0 Å². The average molecular weight is 178 g/mol. The molecule has 0 atom stereocenters. The third-order valence-corrected chi connectivity index (χ3v) is 1.17. The largest absolute Gasteiger partial charge is 0.462 e. The van der Waals surface area contributed by atoms with Crippen LogP contribution in [0.3, 0.4) is 0 Å². The van der Waals surface area contributed by atoms with Gasteiger partial charge in [0.1, 0.15) is 0 Å². The summed E-state index contributed by atoms with van der Waals surface area (Å²) in [7, 11) is 0. The summed E-state index contributed by atoms with van der Waals surface area (Å²) < 4.78 is 4.83. The highest BCUT2D eigenvalue weighted by molar-refractivity contribution is 5.82. The van der Waals surface area contributed by atoms with Gasteiger partial charge in [0.25, 0.3) is 0 Å². The van der Waals surface area contributed by atoms with Crippen molar-refractivity contribution in [2.45, 2.75) is 6.42 Å². The minimum atomic E-state index is -0.341. The molecule has 2 heteroatoms. The van der Waals surface area contributed by atoms with Gasteiger partial charge >= 0.3 is 5.97 Å². The Morgan fingerprint density at radius 2 is 1.92 bits per heavy atom. The van der Waals surface area contributed by atoms with Crippen LogP contribution < -0.4 is 0 Å². The minimum Gasteiger partial charge on any atom is -0.462 e. The zero-order valence-electron chi connectivity index (χ0n) is 7.61. The summed E-state index contributed by atoms with van der Waals surface area (Å²) in [6.07, 6.45) is 10.5. The second-order valence-corrected chi connectivity index (χ2v) is 2.21. The molecule has 0 amide bonds. The van der Waals surface area contributed by atoms with Crippen LogP contribution in [0.4, 0.5) is 0 Å². The number of allylic oxidation sites excluding steroid dienone is 4. The summed E-state index contributed by atoms with van der Waals surface area (Å²) in [6.45, 7) is 7.35. The van der Waals surface area contributed by atoms with Crippen molar-refractivity contribution >= 4 is 5.97 Å². The topological polar surface area (TPSA) is 26.3 Å². The first-order valence-corrected chi connectivity index (χ1v) is 4.04. The van der Waals surface area contributed by atoms with Gasteiger partial charge in [-0.15, -0.1) is 0 Å². The maximum absolute atomic E-state index is 10.8. The highest BCUT2D eigenvalue weighted by atomic mass is 16.5. The quantitative estimate of drug-likeness (QED) is 0.270. The molecule has 0 saturated heterocycles. The number of hydrogen-bond donors (Lipinski definition) is 0. The van der Waals surface area contributed by atoms with Crippen molar-refractivity contribution in [3.8, 4) is 0 Å². The van der Waals surface area contributed by atoms with E-state index in [4.69, 9.17) is 4.74 Å². The summed E-state index contributed by atoms with van der Waals surface area (Å²) >= 11 is 0. The number of esters is 1. The van der Waals surface area contributed by atoms with Crippen molar-refractivity contribution in [3.05, 3.63) is 49.6 Å². The standard InChI is InChI=1S/C11H14O2/c1-3-5-7-8-10-13-11(12)9-6-4-2/h3-7,9H,1-2,8,10H2/b7-5+,9-6+. The number of ether oxygens (including phenoxy) is 1. The molecule has 0 fully saturated rings. The van der Waals surface area contributed by atoms with Gasteiger partial charge in [0.2, 0.25) is 0 Å². The van der Waals surface area contributed by atoms with Crippen LogP contribution >= 0.6 is 0 Å². The summed E-state index contributed by atoms with van der Waals surface area (Å²) in [5.74, 6) is -0.341. The van der Waals surface area contributed by atoms with Crippen LogP contribution in [0.5, 0.6) is 0 Å². The molecule has 0 aromatic carbocycles. The SMILES string of the molecule is C=C/C=C/CCOC(=O)/C=C/C=C. The van der Waals surface area contributed by atoms with E-state index in [2.05, 4.69) is 13.2 Å². The first kappa shape index (κ1) is 11.4. The van der Waals surface area contributed by atoms with Crippen molar-refractivity contribution in [1.82, 2.24) is 0 Å². The molecule has 0 radical (unpaired) electrons. The Kier molecular flexibility index (Phi) is 7.50. The molecule has 0 heterocycles. The van der Waals surface area contributed by atoms with Crippen LogP contribution in [-0.4, -0.2) is 12.6 Å². The van der Waals surface area contributed by atoms with Crippen molar-refractivity contribution < 1.29 is 9.53 Å². The van der Waals surface area contributed by atoms with E-state index < -0.39 is 0 Å². The maximum Gasteiger partial charge on any atom is 0.330 e. The van der Waals surface area contributed by atoms with Gasteiger partial charge in [0.15, 0.2) is 0 Å². The Morgan fingerprint density at radius 3 is 2.54 bits per heavy atom. The van der Waals surface area contributed by atoms with Gasteiger partial charge in [-0.2, -0.15) is 0 Å². The third-order valence-electron chi connectivity index (χ3n) is 1.17. The second kappa shape index (κ2) is 8.53. The van der Waals surface area contributed by atoms with Gasteiger partial charge in [-0.25, -0.2) is 4.79 Å². The normalized spacial score (nSPS) is 10.5. The van der Waals surface area contributed by atoms with E-state index in [1.165, 1.54) is 12.2 Å². The first-order valence-electron chi connectivity index (χ1n) is 4.04. The lowest BCUT2D eigenvalue weighted by molar-refractivity contribution is -0.137. The smallest absolute Gasteiger partial charge is 0.330 e. The minimum absolute atomic E-state index is 0.341. The van der Waals surface area contributed by atoms with Gasteiger partial charge in [-0.1, -0.05) is 43.5 Å². The molecule has 0 aliphatic heterocycles. The second-order valence-electron chi connectivity index (χ2n) is 2.21. The van der Waals surface area contributed by atoms with Crippen LogP contribution in [0.25, 0.3) is 0 Å². The van der Waals surface area contributed by atoms with E-state index in [9.17, 15) is 4.79 Å². The lowest BCUT2D eigenvalue weighted by atomic mass is 10.4. The maximum atomic E-state index is 10.8. The number of hydrogen-bond acceptors (Lipinski definition) is 2. The lowest BCUT2D eigenvalue weighted by Crippen LogP contribution is -2.00. The Balaban J connectivity index is 3.47. The van der Waals surface area contributed by atoms with Gasteiger partial charge in [-0.05, 0) is 6.42 Å². The molecule has 0 bridgehead atoms. The highest BCUT2D eigenvalue weighted by Gasteiger charge is 1.92. The molecule has 13 heavy (non-hydrogen) atoms. The molecular weight excluding hydrogens is 164 g/mol. The van der Waals surface area contributed by atoms with Crippen molar-refractivity contribution in [3.63, 3.8) is 0 Å². The summed E-state index contributed by atoms with van der Waals surface area (Å²) in [5.41, 5.74) is 0. The van der Waals surface area contributed by atoms with Crippen LogP contribution in [0.15, 0.2) is 49.6 Å². The van der Waals surface area contributed by atoms with Gasteiger partial charge < -0.3 is 4.74 Å². The van der Waals surface area contributed by atoms with Crippen molar-refractivity contribution in [2.75, 3.05) is 6.61 Å². The van der Waals surface area contributed by atoms with Crippen molar-refractivity contribution in [1.29, 1.82) is 0 Å².